The van der Waals surface area contributed by atoms with E-state index in [1.807, 2.05) is 30.4 Å². The molecule has 5 rings (SSSR count). The molecule has 1 aromatic heterocycles. The van der Waals surface area contributed by atoms with Crippen molar-refractivity contribution in [3.63, 3.8) is 0 Å². The maximum atomic E-state index is 13.2. The third-order valence-corrected chi connectivity index (χ3v) is 7.17. The molecule has 2 bridgehead atoms. The Kier molecular flexibility index (Phi) is 10.9. The molecule has 0 spiro atoms. The lowest BCUT2D eigenvalue weighted by atomic mass is 10.0. The summed E-state index contributed by atoms with van der Waals surface area (Å²) in [6.07, 6.45) is 0.956. The van der Waals surface area contributed by atoms with E-state index >= 15 is 0 Å². The molecule has 1 fully saturated rings. The lowest BCUT2D eigenvalue weighted by Crippen LogP contribution is -2.41. The Morgan fingerprint density at radius 2 is 1.93 bits per heavy atom. The van der Waals surface area contributed by atoms with E-state index in [1.54, 1.807) is 35.4 Å². The minimum absolute atomic E-state index is 0.168. The standard InChI is InChI=1S/C28H28ClN5O5.C2HF3O2/c1-38-27(36)31-19-10-11-20-21(15-19)32-25(35)9-4-2-3-8-23(26-30-16-22(20)33-26)34-13-12-24(39-28(34)37)17-6-5-7-18(29)14-17;3-2(4,5)1(6)7/h2-3,5-7,10-11,14-16,23-24H,4,8-9,12-13H2,1H3,(H,30,33)(H,31,36)(H,32,35);(H,6,7)/b3-2+;/t23-,24+;/m0./s1. The van der Waals surface area contributed by atoms with E-state index < -0.39 is 30.4 Å². The lowest BCUT2D eigenvalue weighted by Gasteiger charge is -2.36. The highest BCUT2D eigenvalue weighted by atomic mass is 35.5. The van der Waals surface area contributed by atoms with Crippen LogP contribution in [0.5, 0.6) is 0 Å². The van der Waals surface area contributed by atoms with Crippen molar-refractivity contribution in [1.82, 2.24) is 14.9 Å². The number of nitrogens with zero attached hydrogens (tertiary/aromatic N) is 2. The number of aromatic nitrogens is 2. The summed E-state index contributed by atoms with van der Waals surface area (Å²) >= 11 is 6.14. The summed E-state index contributed by atoms with van der Waals surface area (Å²) in [5.74, 6) is -2.33. The molecule has 2 aromatic carbocycles. The van der Waals surface area contributed by atoms with Crippen LogP contribution < -0.4 is 10.6 Å². The molecular weight excluding hydrogens is 635 g/mol. The normalized spacial score (nSPS) is 18.9. The second-order valence-corrected chi connectivity index (χ2v) is 10.5. The summed E-state index contributed by atoms with van der Waals surface area (Å²) in [7, 11) is 1.28. The molecule has 46 heavy (non-hydrogen) atoms. The first kappa shape index (κ1) is 33.8. The number of carbonyl (C=O) groups is 4. The van der Waals surface area contributed by atoms with Crippen LogP contribution in [0.15, 0.2) is 60.8 Å². The van der Waals surface area contributed by atoms with Crippen molar-refractivity contribution in [2.75, 3.05) is 24.3 Å². The van der Waals surface area contributed by atoms with Gasteiger partial charge in [0, 0.05) is 35.7 Å². The van der Waals surface area contributed by atoms with Gasteiger partial charge in [0.05, 0.1) is 30.7 Å². The highest BCUT2D eigenvalue weighted by molar-refractivity contribution is 6.30. The molecule has 0 radical (unpaired) electrons. The first-order valence-corrected chi connectivity index (χ1v) is 14.3. The smallest absolute Gasteiger partial charge is 0.475 e. The Hall–Kier alpha value is -5.05. The van der Waals surface area contributed by atoms with E-state index in [-0.39, 0.29) is 18.4 Å². The van der Waals surface area contributed by atoms with Crippen molar-refractivity contribution < 1.29 is 46.9 Å². The summed E-state index contributed by atoms with van der Waals surface area (Å²) < 4.78 is 42.2. The third kappa shape index (κ3) is 8.78. The van der Waals surface area contributed by atoms with E-state index in [1.165, 1.54) is 7.11 Å². The molecule has 4 N–H and O–H groups in total. The third-order valence-electron chi connectivity index (χ3n) is 6.94. The topological polar surface area (TPSA) is 163 Å². The molecular formula is C30H29ClF3N5O7. The first-order valence-electron chi connectivity index (χ1n) is 13.9. The number of nitrogens with one attached hydrogen (secondary N) is 3. The fraction of sp³-hybridized carbons (Fsp3) is 0.300. The number of benzene rings is 2. The maximum absolute atomic E-state index is 13.2. The van der Waals surface area contributed by atoms with Gasteiger partial charge in [0.15, 0.2) is 0 Å². The van der Waals surface area contributed by atoms with Gasteiger partial charge in [0.1, 0.15) is 11.9 Å². The number of aromatic amines is 1. The van der Waals surface area contributed by atoms with E-state index in [0.29, 0.717) is 59.3 Å². The van der Waals surface area contributed by atoms with Crippen molar-refractivity contribution in [3.8, 4) is 11.3 Å². The Labute approximate surface area is 265 Å². The van der Waals surface area contributed by atoms with Gasteiger partial charge in [-0.25, -0.2) is 19.4 Å². The van der Waals surface area contributed by atoms with Gasteiger partial charge >= 0.3 is 24.3 Å². The van der Waals surface area contributed by atoms with E-state index in [2.05, 4.69) is 25.3 Å². The summed E-state index contributed by atoms with van der Waals surface area (Å²) in [6, 6.07) is 12.1. The van der Waals surface area contributed by atoms with Crippen molar-refractivity contribution in [3.05, 3.63) is 77.2 Å². The summed E-state index contributed by atoms with van der Waals surface area (Å²) in [4.78, 5) is 56.1. The molecule has 16 heteroatoms. The minimum atomic E-state index is -5.08. The molecule has 2 atom stereocenters. The van der Waals surface area contributed by atoms with Crippen LogP contribution in [0.2, 0.25) is 5.02 Å². The number of anilines is 2. The number of hydrogen-bond donors (Lipinski definition) is 4. The molecule has 12 nitrogen and oxygen atoms in total. The number of amides is 3. The molecule has 2 aliphatic rings. The molecule has 2 aliphatic heterocycles. The maximum Gasteiger partial charge on any atom is 0.490 e. The molecule has 3 amide bonds. The summed E-state index contributed by atoms with van der Waals surface area (Å²) in [5.41, 5.74) is 3.17. The monoisotopic (exact) mass is 663 g/mol. The van der Waals surface area contributed by atoms with Gasteiger partial charge in [-0.1, -0.05) is 35.9 Å². The number of carbonyl (C=O) groups excluding carboxylic acids is 3. The Bertz CT molecular complexity index is 1630. The van der Waals surface area contributed by atoms with Gasteiger partial charge in [-0.3, -0.25) is 15.0 Å². The number of allylic oxidation sites excluding steroid dienone is 1. The number of alkyl halides is 3. The molecule has 0 aliphatic carbocycles. The number of aliphatic carboxylic acids is 1. The van der Waals surface area contributed by atoms with Gasteiger partial charge in [-0.15, -0.1) is 0 Å². The second-order valence-electron chi connectivity index (χ2n) is 10.1. The lowest BCUT2D eigenvalue weighted by molar-refractivity contribution is -0.192. The molecule has 1 saturated heterocycles. The second kappa shape index (κ2) is 14.8. The number of hydrogen-bond acceptors (Lipinski definition) is 7. The molecule has 0 saturated carbocycles. The van der Waals surface area contributed by atoms with Crippen LogP contribution in [0.25, 0.3) is 11.3 Å². The zero-order chi connectivity index (χ0) is 33.4. The SMILES string of the molecule is COC(=O)Nc1ccc2c(c1)NC(=O)CC/C=C/C[C@H](N1CC[C@H](c3cccc(Cl)c3)OC1=O)c1ncc-2[nH]1.O=C(O)C(F)(F)F. The fourth-order valence-corrected chi connectivity index (χ4v) is 4.95. The predicted molar refractivity (Wildman–Crippen MR) is 160 cm³/mol. The fourth-order valence-electron chi connectivity index (χ4n) is 4.75. The van der Waals surface area contributed by atoms with E-state index in [0.717, 1.165) is 5.56 Å². The van der Waals surface area contributed by atoms with Gasteiger partial charge in [-0.2, -0.15) is 13.2 Å². The van der Waals surface area contributed by atoms with Crippen LogP contribution in [-0.2, 0) is 19.1 Å². The van der Waals surface area contributed by atoms with Gasteiger partial charge in [0.25, 0.3) is 0 Å². The zero-order valence-corrected chi connectivity index (χ0v) is 25.0. The van der Waals surface area contributed by atoms with Gasteiger partial charge in [0.2, 0.25) is 5.91 Å². The van der Waals surface area contributed by atoms with E-state index in [4.69, 9.17) is 26.2 Å². The average molecular weight is 664 g/mol. The first-order chi connectivity index (χ1) is 21.8. The van der Waals surface area contributed by atoms with Crippen LogP contribution in [0, 0.1) is 0 Å². The van der Waals surface area contributed by atoms with Crippen LogP contribution in [0.3, 0.4) is 0 Å². The van der Waals surface area contributed by atoms with Crippen molar-refractivity contribution >= 4 is 47.0 Å². The number of ether oxygens (including phenoxy) is 2. The molecule has 0 unspecified atom stereocenters. The molecule has 3 heterocycles. The number of halogens is 4. The van der Waals surface area contributed by atoms with Gasteiger partial charge in [-0.05, 0) is 48.7 Å². The Morgan fingerprint density at radius 3 is 2.61 bits per heavy atom. The molecule has 3 aromatic rings. The number of H-pyrrole nitrogens is 1. The van der Waals surface area contributed by atoms with Gasteiger partial charge < -0.3 is 24.9 Å². The van der Waals surface area contributed by atoms with Crippen LogP contribution in [0.4, 0.5) is 34.1 Å². The predicted octanol–water partition coefficient (Wildman–Crippen LogP) is 6.85. The number of fused-ring (bicyclic) bond motifs is 4. The highest BCUT2D eigenvalue weighted by Crippen LogP contribution is 2.36. The summed E-state index contributed by atoms with van der Waals surface area (Å²) in [6.45, 7) is 0.476. The Morgan fingerprint density at radius 1 is 1.17 bits per heavy atom. The number of imidazole rings is 1. The minimum Gasteiger partial charge on any atom is -0.475 e. The number of cyclic esters (lactones) is 1. The van der Waals surface area contributed by atoms with E-state index in [9.17, 15) is 27.6 Å². The van der Waals surface area contributed by atoms with Crippen LogP contribution in [0.1, 0.15) is 49.2 Å². The number of methoxy groups -OCH3 is 1. The Balaban J connectivity index is 0.000000617. The highest BCUT2D eigenvalue weighted by Gasteiger charge is 2.38. The van der Waals surface area contributed by atoms with Crippen LogP contribution in [-0.4, -0.2) is 63.9 Å². The number of carboxylic acid groups (broad SMARTS) is 1. The quantitative estimate of drug-likeness (QED) is 0.221. The summed E-state index contributed by atoms with van der Waals surface area (Å²) in [5, 5.41) is 13.3. The van der Waals surface area contributed by atoms with Crippen molar-refractivity contribution in [2.24, 2.45) is 0 Å². The average Bonchev–Trinajstić information content (AvgIpc) is 3.49. The number of rotatable bonds is 3. The largest absolute Gasteiger partial charge is 0.490 e. The van der Waals surface area contributed by atoms with Crippen molar-refractivity contribution in [1.29, 1.82) is 0 Å². The molecule has 244 valence electrons. The zero-order valence-electron chi connectivity index (χ0n) is 24.3. The van der Waals surface area contributed by atoms with Crippen molar-refractivity contribution in [2.45, 2.75) is 44.0 Å². The number of carboxylic acids is 1. The van der Waals surface area contributed by atoms with Crippen LogP contribution >= 0.6 is 11.6 Å².